The molecule has 1 aromatic carbocycles. The summed E-state index contributed by atoms with van der Waals surface area (Å²) in [5.41, 5.74) is 1.62. The topological polar surface area (TPSA) is 63.7 Å². The van der Waals surface area contributed by atoms with Crippen molar-refractivity contribution in [2.75, 3.05) is 18.1 Å². The summed E-state index contributed by atoms with van der Waals surface area (Å²) in [6.07, 6.45) is 2.42. The fraction of sp³-hybridized carbons (Fsp3) is 0.476. The number of unbranched alkanes of at least 4 members (excludes halogenated alkanes) is 1. The van der Waals surface area contributed by atoms with Crippen LogP contribution in [0.5, 0.6) is 5.75 Å². The Kier molecular flexibility index (Phi) is 6.78. The van der Waals surface area contributed by atoms with Gasteiger partial charge in [-0.2, -0.15) is 0 Å². The molecule has 0 N–H and O–H groups in total. The van der Waals surface area contributed by atoms with E-state index in [9.17, 15) is 13.2 Å². The van der Waals surface area contributed by atoms with Gasteiger partial charge in [0.1, 0.15) is 5.75 Å². The number of ether oxygens (including phenoxy) is 1. The van der Waals surface area contributed by atoms with Crippen molar-refractivity contribution >= 4 is 27.1 Å². The summed E-state index contributed by atoms with van der Waals surface area (Å²) in [6, 6.07) is 8.97. The molecule has 5 nitrogen and oxygen atoms in total. The third kappa shape index (κ3) is 4.94. The number of aryl methyl sites for hydroxylation is 1. The van der Waals surface area contributed by atoms with E-state index in [-0.39, 0.29) is 23.5 Å². The van der Waals surface area contributed by atoms with E-state index in [2.05, 4.69) is 6.92 Å². The maximum Gasteiger partial charge on any atom is 0.258 e. The predicted molar refractivity (Wildman–Crippen MR) is 113 cm³/mol. The molecule has 1 aliphatic rings. The first-order valence-corrected chi connectivity index (χ1v) is 12.4. The van der Waals surface area contributed by atoms with E-state index in [1.54, 1.807) is 22.3 Å². The fourth-order valence-corrected chi connectivity index (χ4v) is 5.99. The van der Waals surface area contributed by atoms with Crippen LogP contribution in [0.3, 0.4) is 0 Å². The number of para-hydroxylation sites is 1. The lowest BCUT2D eigenvalue weighted by molar-refractivity contribution is 0.0678. The van der Waals surface area contributed by atoms with Crippen molar-refractivity contribution in [3.63, 3.8) is 0 Å². The molecule has 1 aromatic heterocycles. The van der Waals surface area contributed by atoms with Crippen LogP contribution in [0.4, 0.5) is 0 Å². The number of carbonyl (C=O) groups excluding carboxylic acids is 1. The molecule has 0 unspecified atom stereocenters. The first-order valence-electron chi connectivity index (χ1n) is 9.67. The molecular formula is C21H27NO4S2. The normalized spacial score (nSPS) is 18.1. The molecule has 0 bridgehead atoms. The zero-order valence-electron chi connectivity index (χ0n) is 16.4. The van der Waals surface area contributed by atoms with Gasteiger partial charge >= 0.3 is 0 Å². The number of nitrogens with zero attached hydrogens (tertiary/aromatic N) is 1. The third-order valence-corrected chi connectivity index (χ3v) is 7.82. The first kappa shape index (κ1) is 20.9. The van der Waals surface area contributed by atoms with Crippen molar-refractivity contribution < 1.29 is 17.9 Å². The van der Waals surface area contributed by atoms with Crippen LogP contribution >= 0.6 is 11.3 Å². The summed E-state index contributed by atoms with van der Waals surface area (Å²) in [6.45, 7) is 5.09. The largest absolute Gasteiger partial charge is 0.493 e. The van der Waals surface area contributed by atoms with Crippen molar-refractivity contribution in [1.29, 1.82) is 0 Å². The Morgan fingerprint density at radius 2 is 2.07 bits per heavy atom. The van der Waals surface area contributed by atoms with Gasteiger partial charge in [-0.15, -0.1) is 11.3 Å². The molecule has 28 heavy (non-hydrogen) atoms. The van der Waals surface area contributed by atoms with Gasteiger partial charge < -0.3 is 9.64 Å². The van der Waals surface area contributed by atoms with Gasteiger partial charge in [0.05, 0.1) is 30.2 Å². The quantitative estimate of drug-likeness (QED) is 0.603. The molecule has 1 atom stereocenters. The van der Waals surface area contributed by atoms with Crippen molar-refractivity contribution in [2.24, 2.45) is 0 Å². The second kappa shape index (κ2) is 9.09. The van der Waals surface area contributed by atoms with Crippen molar-refractivity contribution in [3.05, 3.63) is 51.7 Å². The lowest BCUT2D eigenvalue weighted by Gasteiger charge is -2.29. The summed E-state index contributed by atoms with van der Waals surface area (Å²) in [4.78, 5) is 16.3. The van der Waals surface area contributed by atoms with E-state index in [0.29, 0.717) is 30.9 Å². The smallest absolute Gasteiger partial charge is 0.258 e. The zero-order valence-corrected chi connectivity index (χ0v) is 18.0. The molecular weight excluding hydrogens is 394 g/mol. The minimum absolute atomic E-state index is 0.0298. The van der Waals surface area contributed by atoms with Crippen LogP contribution in [0, 0.1) is 6.92 Å². The Morgan fingerprint density at radius 3 is 2.71 bits per heavy atom. The minimum atomic E-state index is -3.09. The fourth-order valence-electron chi connectivity index (χ4n) is 3.36. The highest BCUT2D eigenvalue weighted by molar-refractivity contribution is 7.91. The molecule has 0 saturated carbocycles. The summed E-state index contributed by atoms with van der Waals surface area (Å²) in [5, 5.41) is 2.00. The lowest BCUT2D eigenvalue weighted by atomic mass is 10.1. The average Bonchev–Trinajstić information content (AvgIpc) is 3.24. The average molecular weight is 422 g/mol. The van der Waals surface area contributed by atoms with E-state index in [1.165, 1.54) is 0 Å². The highest BCUT2D eigenvalue weighted by Crippen LogP contribution is 2.28. The number of rotatable bonds is 8. The van der Waals surface area contributed by atoms with Crippen LogP contribution in [0.15, 0.2) is 35.7 Å². The maximum absolute atomic E-state index is 13.5. The first-order chi connectivity index (χ1) is 13.4. The van der Waals surface area contributed by atoms with E-state index in [1.807, 2.05) is 36.6 Å². The Hall–Kier alpha value is -1.86. The molecule has 0 radical (unpaired) electrons. The summed E-state index contributed by atoms with van der Waals surface area (Å²) in [7, 11) is -3.09. The van der Waals surface area contributed by atoms with Gasteiger partial charge in [-0.25, -0.2) is 8.42 Å². The standard InChI is InChI=1S/C21H27NO4S2/c1-3-4-11-26-19-8-6-5-7-18(19)21(23)22(14-20-16(2)9-12-27-20)17-10-13-28(24,25)15-17/h5-9,12,17H,3-4,10-11,13-15H2,1-2H3/t17-/m0/s1. The predicted octanol–water partition coefficient (Wildman–Crippen LogP) is 4.06. The van der Waals surface area contributed by atoms with Crippen LogP contribution < -0.4 is 4.74 Å². The number of thiophene rings is 1. The highest BCUT2D eigenvalue weighted by atomic mass is 32.2. The molecule has 3 rings (SSSR count). The summed E-state index contributed by atoms with van der Waals surface area (Å²) >= 11 is 1.60. The SMILES string of the molecule is CCCCOc1ccccc1C(=O)N(Cc1sccc1C)[C@H]1CCS(=O)(=O)C1. The number of sulfone groups is 1. The molecule has 2 aromatic rings. The number of carbonyl (C=O) groups is 1. The van der Waals surface area contributed by atoms with Crippen molar-refractivity contribution in [1.82, 2.24) is 4.90 Å². The summed E-state index contributed by atoms with van der Waals surface area (Å²) < 4.78 is 30.0. The van der Waals surface area contributed by atoms with Crippen molar-refractivity contribution in [3.8, 4) is 5.75 Å². The Morgan fingerprint density at radius 1 is 1.29 bits per heavy atom. The van der Waals surface area contributed by atoms with Crippen molar-refractivity contribution in [2.45, 2.75) is 45.7 Å². The maximum atomic E-state index is 13.5. The minimum Gasteiger partial charge on any atom is -0.493 e. The molecule has 1 fully saturated rings. The molecule has 0 spiro atoms. The zero-order chi connectivity index (χ0) is 20.1. The van der Waals surface area contributed by atoms with Crippen LogP contribution in [-0.4, -0.2) is 43.4 Å². The molecule has 0 aliphatic carbocycles. The lowest BCUT2D eigenvalue weighted by Crippen LogP contribution is -2.40. The number of amides is 1. The van der Waals surface area contributed by atoms with Gasteiger partial charge in [0.15, 0.2) is 9.84 Å². The highest BCUT2D eigenvalue weighted by Gasteiger charge is 2.36. The van der Waals surface area contributed by atoms with Crippen LogP contribution in [-0.2, 0) is 16.4 Å². The molecule has 1 aliphatic heterocycles. The Balaban J connectivity index is 1.89. The monoisotopic (exact) mass is 421 g/mol. The van der Waals surface area contributed by atoms with E-state index in [0.717, 1.165) is 23.3 Å². The number of hydrogen-bond donors (Lipinski definition) is 0. The number of hydrogen-bond acceptors (Lipinski definition) is 5. The third-order valence-electron chi connectivity index (χ3n) is 5.07. The van der Waals surface area contributed by atoms with Crippen LogP contribution in [0.1, 0.15) is 47.0 Å². The second-order valence-corrected chi connectivity index (χ2v) is 10.4. The molecule has 1 amide bonds. The summed E-state index contributed by atoms with van der Waals surface area (Å²) in [5.74, 6) is 0.568. The van der Waals surface area contributed by atoms with Gasteiger partial charge in [-0.3, -0.25) is 4.79 Å². The second-order valence-electron chi connectivity index (χ2n) is 7.21. The Labute approximate surface area is 171 Å². The van der Waals surface area contributed by atoms with Gasteiger partial charge in [0.2, 0.25) is 0 Å². The van der Waals surface area contributed by atoms with E-state index in [4.69, 9.17) is 4.74 Å². The van der Waals surface area contributed by atoms with Gasteiger partial charge in [-0.1, -0.05) is 25.5 Å². The van der Waals surface area contributed by atoms with E-state index >= 15 is 0 Å². The van der Waals surface area contributed by atoms with Gasteiger partial charge in [-0.05, 0) is 48.9 Å². The molecule has 152 valence electrons. The van der Waals surface area contributed by atoms with Gasteiger partial charge in [0.25, 0.3) is 5.91 Å². The molecule has 1 saturated heterocycles. The van der Waals surface area contributed by atoms with Gasteiger partial charge in [0, 0.05) is 10.9 Å². The molecule has 7 heteroatoms. The van der Waals surface area contributed by atoms with Crippen LogP contribution in [0.2, 0.25) is 0 Å². The van der Waals surface area contributed by atoms with Crippen LogP contribution in [0.25, 0.3) is 0 Å². The number of benzene rings is 1. The van der Waals surface area contributed by atoms with E-state index < -0.39 is 9.84 Å². The Bertz CT molecular complexity index is 920. The molecule has 2 heterocycles.